The van der Waals surface area contributed by atoms with Gasteiger partial charge >= 0.3 is 6.18 Å². The van der Waals surface area contributed by atoms with E-state index in [9.17, 15) is 13.2 Å². The van der Waals surface area contributed by atoms with E-state index in [4.69, 9.17) is 0 Å². The average Bonchev–Trinajstić information content (AvgIpc) is 3.05. The first-order chi connectivity index (χ1) is 9.99. The lowest BCUT2D eigenvalue weighted by Gasteiger charge is -2.19. The Bertz CT molecular complexity index is 513. The second-order valence-corrected chi connectivity index (χ2v) is 5.71. The molecule has 1 saturated carbocycles. The van der Waals surface area contributed by atoms with Crippen LogP contribution in [0.4, 0.5) is 18.9 Å². The van der Waals surface area contributed by atoms with E-state index in [0.29, 0.717) is 11.8 Å². The molecule has 2 aliphatic rings. The molecule has 3 atom stereocenters. The number of pyridine rings is 1. The third-order valence-corrected chi connectivity index (χ3v) is 4.10. The zero-order chi connectivity index (χ0) is 14.9. The molecule has 1 aromatic rings. The highest BCUT2D eigenvalue weighted by Gasteiger charge is 2.35. The fourth-order valence-corrected chi connectivity index (χ4v) is 3.10. The van der Waals surface area contributed by atoms with E-state index in [0.717, 1.165) is 18.2 Å². The molecule has 0 radical (unpaired) electrons. The van der Waals surface area contributed by atoms with Gasteiger partial charge in [0.05, 0.1) is 11.9 Å². The summed E-state index contributed by atoms with van der Waals surface area (Å²) in [5.41, 5.74) is 0.807. The Hall–Kier alpha value is -1.72. The second kappa shape index (κ2) is 5.58. The van der Waals surface area contributed by atoms with Gasteiger partial charge in [-0.2, -0.15) is 13.2 Å². The first-order valence-electron chi connectivity index (χ1n) is 7.07. The monoisotopic (exact) mass is 298 g/mol. The maximum atomic E-state index is 12.0. The van der Waals surface area contributed by atoms with E-state index in [2.05, 4.69) is 27.2 Å². The molecule has 3 nitrogen and oxygen atoms in total. The van der Waals surface area contributed by atoms with Crippen LogP contribution in [0, 0.1) is 17.8 Å². The molecule has 3 unspecified atom stereocenters. The zero-order valence-electron chi connectivity index (χ0n) is 11.4. The Labute approximate surface area is 121 Å². The summed E-state index contributed by atoms with van der Waals surface area (Å²) in [4.78, 5) is 3.88. The molecular weight excluding hydrogens is 281 g/mol. The van der Waals surface area contributed by atoms with Gasteiger partial charge < -0.3 is 10.1 Å². The van der Waals surface area contributed by atoms with Crippen molar-refractivity contribution in [3.05, 3.63) is 30.5 Å². The van der Waals surface area contributed by atoms with Gasteiger partial charge in [-0.05, 0) is 36.7 Å². The van der Waals surface area contributed by atoms with Gasteiger partial charge in [0, 0.05) is 12.6 Å². The number of halogens is 3. The van der Waals surface area contributed by atoms with Crippen molar-refractivity contribution in [1.29, 1.82) is 0 Å². The maximum Gasteiger partial charge on any atom is 0.422 e. The Morgan fingerprint density at radius 1 is 1.24 bits per heavy atom. The third kappa shape index (κ3) is 3.68. The fraction of sp³-hybridized carbons (Fsp3) is 0.533. The summed E-state index contributed by atoms with van der Waals surface area (Å²) in [5.74, 6) is 2.03. The molecule has 6 heteroatoms. The van der Waals surface area contributed by atoms with Gasteiger partial charge in [-0.15, -0.1) is 0 Å². The van der Waals surface area contributed by atoms with Crippen molar-refractivity contribution in [2.75, 3.05) is 18.5 Å². The molecular formula is C15H17F3N2O. The summed E-state index contributed by atoms with van der Waals surface area (Å²) in [6.45, 7) is -0.444. The normalized spacial score (nSPS) is 27.1. The van der Waals surface area contributed by atoms with Crippen LogP contribution in [-0.2, 0) is 0 Å². The lowest BCUT2D eigenvalue weighted by Crippen LogP contribution is -2.20. The van der Waals surface area contributed by atoms with Crippen molar-refractivity contribution < 1.29 is 17.9 Å². The SMILES string of the molecule is FC(F)(F)COc1ccc(NCC2CC3C=CC2C3)cn1. The number of hydrogen-bond acceptors (Lipinski definition) is 3. The van der Waals surface area contributed by atoms with Crippen LogP contribution in [0.2, 0.25) is 0 Å². The molecule has 1 aromatic heterocycles. The van der Waals surface area contributed by atoms with E-state index in [1.807, 2.05) is 0 Å². The van der Waals surface area contributed by atoms with Crippen LogP contribution in [0.25, 0.3) is 0 Å². The number of anilines is 1. The van der Waals surface area contributed by atoms with Crippen LogP contribution in [-0.4, -0.2) is 24.3 Å². The minimum Gasteiger partial charge on any atom is -0.468 e. The van der Waals surface area contributed by atoms with E-state index in [1.165, 1.54) is 25.1 Å². The molecule has 0 saturated heterocycles. The zero-order valence-corrected chi connectivity index (χ0v) is 11.4. The fourth-order valence-electron chi connectivity index (χ4n) is 3.10. The first-order valence-corrected chi connectivity index (χ1v) is 7.07. The Morgan fingerprint density at radius 2 is 2.10 bits per heavy atom. The van der Waals surface area contributed by atoms with Crippen LogP contribution < -0.4 is 10.1 Å². The molecule has 3 rings (SSSR count). The number of aromatic nitrogens is 1. The summed E-state index contributed by atoms with van der Waals surface area (Å²) in [5, 5.41) is 3.30. The molecule has 0 amide bonds. The standard InChI is InChI=1S/C15H17F3N2O/c16-15(17,18)9-21-14-4-3-13(8-20-14)19-7-12-6-10-1-2-11(12)5-10/h1-4,8,10-12,19H,5-7,9H2. The summed E-state index contributed by atoms with van der Waals surface area (Å²) < 4.78 is 40.6. The van der Waals surface area contributed by atoms with Crippen molar-refractivity contribution in [2.24, 2.45) is 17.8 Å². The van der Waals surface area contributed by atoms with Gasteiger partial charge in [0.25, 0.3) is 0 Å². The van der Waals surface area contributed by atoms with Crippen LogP contribution in [0.1, 0.15) is 12.8 Å². The highest BCUT2D eigenvalue weighted by atomic mass is 19.4. The minimum absolute atomic E-state index is 0.0132. The molecule has 0 aromatic carbocycles. The summed E-state index contributed by atoms with van der Waals surface area (Å²) in [6.07, 6.45) is 4.24. The number of ether oxygens (including phenoxy) is 1. The molecule has 1 heterocycles. The average molecular weight is 298 g/mol. The van der Waals surface area contributed by atoms with E-state index in [-0.39, 0.29) is 5.88 Å². The smallest absolute Gasteiger partial charge is 0.422 e. The van der Waals surface area contributed by atoms with Gasteiger partial charge in [-0.25, -0.2) is 4.98 Å². The second-order valence-electron chi connectivity index (χ2n) is 5.71. The predicted molar refractivity (Wildman–Crippen MR) is 73.1 cm³/mol. The molecule has 0 spiro atoms. The van der Waals surface area contributed by atoms with E-state index < -0.39 is 12.8 Å². The first kappa shape index (κ1) is 14.2. The molecule has 2 aliphatic carbocycles. The summed E-state index contributed by atoms with van der Waals surface area (Å²) in [7, 11) is 0. The number of hydrogen-bond donors (Lipinski definition) is 1. The highest BCUT2D eigenvalue weighted by Crippen LogP contribution is 2.43. The highest BCUT2D eigenvalue weighted by molar-refractivity contribution is 5.42. The van der Waals surface area contributed by atoms with E-state index in [1.54, 1.807) is 6.07 Å². The van der Waals surface area contributed by atoms with Gasteiger partial charge in [-0.3, -0.25) is 0 Å². The van der Waals surface area contributed by atoms with Crippen molar-refractivity contribution in [3.63, 3.8) is 0 Å². The molecule has 0 aliphatic heterocycles. The van der Waals surface area contributed by atoms with Crippen LogP contribution in [0.5, 0.6) is 5.88 Å². The Morgan fingerprint density at radius 3 is 2.67 bits per heavy atom. The molecule has 1 N–H and O–H groups in total. The van der Waals surface area contributed by atoms with Crippen molar-refractivity contribution >= 4 is 5.69 Å². The van der Waals surface area contributed by atoms with Crippen molar-refractivity contribution in [1.82, 2.24) is 4.98 Å². The van der Waals surface area contributed by atoms with Crippen LogP contribution >= 0.6 is 0 Å². The van der Waals surface area contributed by atoms with Gasteiger partial charge in [0.2, 0.25) is 5.88 Å². The number of nitrogens with one attached hydrogen (secondary N) is 1. The van der Waals surface area contributed by atoms with Gasteiger partial charge in [0.1, 0.15) is 0 Å². The third-order valence-electron chi connectivity index (χ3n) is 4.10. The number of fused-ring (bicyclic) bond motifs is 2. The molecule has 1 fully saturated rings. The molecule has 21 heavy (non-hydrogen) atoms. The Kier molecular flexibility index (Phi) is 3.78. The summed E-state index contributed by atoms with van der Waals surface area (Å²) >= 11 is 0. The number of alkyl halides is 3. The topological polar surface area (TPSA) is 34.1 Å². The minimum atomic E-state index is -4.34. The quantitative estimate of drug-likeness (QED) is 0.843. The van der Waals surface area contributed by atoms with E-state index >= 15 is 0 Å². The van der Waals surface area contributed by atoms with Gasteiger partial charge in [-0.1, -0.05) is 12.2 Å². The van der Waals surface area contributed by atoms with Crippen LogP contribution in [0.3, 0.4) is 0 Å². The molecule has 114 valence electrons. The predicted octanol–water partition coefficient (Wildman–Crippen LogP) is 3.65. The van der Waals surface area contributed by atoms with Crippen molar-refractivity contribution in [2.45, 2.75) is 19.0 Å². The lowest BCUT2D eigenvalue weighted by atomic mass is 9.93. The Balaban J connectivity index is 1.47. The van der Waals surface area contributed by atoms with Crippen molar-refractivity contribution in [3.8, 4) is 5.88 Å². The lowest BCUT2D eigenvalue weighted by molar-refractivity contribution is -0.154. The number of rotatable bonds is 5. The molecule has 2 bridgehead atoms. The number of allylic oxidation sites excluding steroid dienone is 2. The van der Waals surface area contributed by atoms with Crippen LogP contribution in [0.15, 0.2) is 30.5 Å². The number of nitrogens with zero attached hydrogens (tertiary/aromatic N) is 1. The van der Waals surface area contributed by atoms with Gasteiger partial charge in [0.15, 0.2) is 6.61 Å². The summed E-state index contributed by atoms with van der Waals surface area (Å²) in [6, 6.07) is 3.15. The maximum absolute atomic E-state index is 12.0. The largest absolute Gasteiger partial charge is 0.468 e.